The molecule has 2 aromatic rings. The number of methoxy groups -OCH3 is 1. The Bertz CT molecular complexity index is 632. The van der Waals surface area contributed by atoms with Crippen LogP contribution >= 0.6 is 0 Å². The van der Waals surface area contributed by atoms with Gasteiger partial charge in [-0.2, -0.15) is 4.98 Å². The molecule has 0 bridgehead atoms. The number of nitrogen functional groups attached to an aromatic ring is 1. The third-order valence-electron chi connectivity index (χ3n) is 2.66. The van der Waals surface area contributed by atoms with Gasteiger partial charge in [-0.05, 0) is 38.1 Å². The van der Waals surface area contributed by atoms with Gasteiger partial charge in [0, 0.05) is 11.8 Å². The topological polar surface area (TPSA) is 69.4 Å². The Kier molecular flexibility index (Phi) is 4.47. The predicted molar refractivity (Wildman–Crippen MR) is 80.6 cm³/mol. The first-order valence-electron chi connectivity index (χ1n) is 6.53. The van der Waals surface area contributed by atoms with Crippen LogP contribution in [0.1, 0.15) is 13.8 Å². The lowest BCUT2D eigenvalue weighted by molar-refractivity contribution is 0.234. The van der Waals surface area contributed by atoms with E-state index in [-0.39, 0.29) is 11.9 Å². The van der Waals surface area contributed by atoms with Crippen molar-refractivity contribution in [2.24, 2.45) is 0 Å². The standard InChI is InChI=1S/C15H18FN3O2/c1-9(2)21-15-12(17)6-7-14(19-15)18-10-4-5-11(16)13(8-10)20-3/h4-9H,17H2,1-3H3,(H,18,19). The van der Waals surface area contributed by atoms with Crippen molar-refractivity contribution in [2.75, 3.05) is 18.2 Å². The number of nitrogens with two attached hydrogens (primary N) is 1. The number of hydrogen-bond donors (Lipinski definition) is 2. The number of halogens is 1. The maximum absolute atomic E-state index is 13.4. The maximum Gasteiger partial charge on any atom is 0.239 e. The predicted octanol–water partition coefficient (Wildman–Crippen LogP) is 3.34. The Morgan fingerprint density at radius 3 is 2.67 bits per heavy atom. The average molecular weight is 291 g/mol. The molecule has 21 heavy (non-hydrogen) atoms. The molecule has 1 aromatic carbocycles. The lowest BCUT2D eigenvalue weighted by Crippen LogP contribution is -2.09. The van der Waals surface area contributed by atoms with Crippen LogP contribution in [0.15, 0.2) is 30.3 Å². The molecule has 0 spiro atoms. The number of anilines is 3. The van der Waals surface area contributed by atoms with Crippen LogP contribution in [0.2, 0.25) is 0 Å². The van der Waals surface area contributed by atoms with Crippen LogP contribution in [0.5, 0.6) is 11.6 Å². The van der Waals surface area contributed by atoms with Crippen LogP contribution in [-0.4, -0.2) is 18.2 Å². The minimum Gasteiger partial charge on any atom is -0.494 e. The van der Waals surface area contributed by atoms with Gasteiger partial charge in [0.1, 0.15) is 5.82 Å². The zero-order valence-corrected chi connectivity index (χ0v) is 12.2. The fraction of sp³-hybridized carbons (Fsp3) is 0.267. The van der Waals surface area contributed by atoms with Crippen molar-refractivity contribution in [1.82, 2.24) is 4.98 Å². The van der Waals surface area contributed by atoms with Crippen molar-refractivity contribution < 1.29 is 13.9 Å². The Balaban J connectivity index is 2.23. The zero-order valence-electron chi connectivity index (χ0n) is 12.2. The normalized spacial score (nSPS) is 10.5. The molecule has 6 heteroatoms. The highest BCUT2D eigenvalue weighted by molar-refractivity contribution is 5.62. The number of hydrogen-bond acceptors (Lipinski definition) is 5. The summed E-state index contributed by atoms with van der Waals surface area (Å²) in [6.07, 6.45) is -0.0269. The molecule has 0 unspecified atom stereocenters. The van der Waals surface area contributed by atoms with Gasteiger partial charge < -0.3 is 20.5 Å². The minimum absolute atomic E-state index is 0.0269. The molecule has 0 aliphatic rings. The zero-order chi connectivity index (χ0) is 15.4. The summed E-state index contributed by atoms with van der Waals surface area (Å²) >= 11 is 0. The summed E-state index contributed by atoms with van der Waals surface area (Å²) < 4.78 is 23.8. The monoisotopic (exact) mass is 291 g/mol. The molecule has 0 radical (unpaired) electrons. The van der Waals surface area contributed by atoms with Crippen LogP contribution in [0.25, 0.3) is 0 Å². The summed E-state index contributed by atoms with van der Waals surface area (Å²) in [6.45, 7) is 3.79. The molecule has 0 fully saturated rings. The Labute approximate surface area is 122 Å². The van der Waals surface area contributed by atoms with Crippen molar-refractivity contribution in [3.05, 3.63) is 36.1 Å². The maximum atomic E-state index is 13.4. The van der Waals surface area contributed by atoms with Gasteiger partial charge in [0.25, 0.3) is 0 Å². The largest absolute Gasteiger partial charge is 0.494 e. The molecule has 0 atom stereocenters. The molecule has 1 aromatic heterocycles. The van der Waals surface area contributed by atoms with Crippen LogP contribution in [0.3, 0.4) is 0 Å². The van der Waals surface area contributed by atoms with Crippen molar-refractivity contribution in [3.63, 3.8) is 0 Å². The van der Waals surface area contributed by atoms with E-state index in [0.717, 1.165) is 0 Å². The van der Waals surface area contributed by atoms with E-state index in [1.165, 1.54) is 13.2 Å². The molecule has 0 aliphatic carbocycles. The molecule has 2 rings (SSSR count). The van der Waals surface area contributed by atoms with E-state index < -0.39 is 5.82 Å². The SMILES string of the molecule is COc1cc(Nc2ccc(N)c(OC(C)C)n2)ccc1F. The van der Waals surface area contributed by atoms with E-state index in [1.54, 1.807) is 24.3 Å². The summed E-state index contributed by atoms with van der Waals surface area (Å²) in [6, 6.07) is 7.89. The van der Waals surface area contributed by atoms with Gasteiger partial charge in [0.05, 0.1) is 18.9 Å². The second kappa shape index (κ2) is 6.30. The van der Waals surface area contributed by atoms with Gasteiger partial charge in [-0.1, -0.05) is 0 Å². The Morgan fingerprint density at radius 1 is 1.24 bits per heavy atom. The second-order valence-corrected chi connectivity index (χ2v) is 4.73. The van der Waals surface area contributed by atoms with E-state index in [9.17, 15) is 4.39 Å². The Morgan fingerprint density at radius 2 is 2.00 bits per heavy atom. The third-order valence-corrected chi connectivity index (χ3v) is 2.66. The highest BCUT2D eigenvalue weighted by Crippen LogP contribution is 2.26. The van der Waals surface area contributed by atoms with Crippen molar-refractivity contribution >= 4 is 17.2 Å². The van der Waals surface area contributed by atoms with Gasteiger partial charge in [0.2, 0.25) is 5.88 Å². The highest BCUT2D eigenvalue weighted by Gasteiger charge is 2.08. The van der Waals surface area contributed by atoms with Crippen molar-refractivity contribution in [3.8, 4) is 11.6 Å². The first-order chi connectivity index (χ1) is 9.99. The first-order valence-corrected chi connectivity index (χ1v) is 6.53. The molecule has 0 aliphatic heterocycles. The summed E-state index contributed by atoms with van der Waals surface area (Å²) in [5.74, 6) is 0.656. The molecule has 5 nitrogen and oxygen atoms in total. The van der Waals surface area contributed by atoms with Gasteiger partial charge in [-0.3, -0.25) is 0 Å². The molecular formula is C15H18FN3O2. The summed E-state index contributed by atoms with van der Waals surface area (Å²) in [5.41, 5.74) is 6.93. The number of rotatable bonds is 5. The van der Waals surface area contributed by atoms with Crippen LogP contribution < -0.4 is 20.5 Å². The van der Waals surface area contributed by atoms with Gasteiger partial charge in [0.15, 0.2) is 11.6 Å². The van der Waals surface area contributed by atoms with Crippen molar-refractivity contribution in [2.45, 2.75) is 20.0 Å². The van der Waals surface area contributed by atoms with E-state index >= 15 is 0 Å². The van der Waals surface area contributed by atoms with Crippen LogP contribution in [0, 0.1) is 5.82 Å². The van der Waals surface area contributed by atoms with Crippen LogP contribution in [0.4, 0.5) is 21.6 Å². The number of pyridine rings is 1. The molecule has 0 saturated heterocycles. The fourth-order valence-corrected chi connectivity index (χ4v) is 1.72. The average Bonchev–Trinajstić information content (AvgIpc) is 2.44. The molecule has 3 N–H and O–H groups in total. The molecule has 0 saturated carbocycles. The number of benzene rings is 1. The summed E-state index contributed by atoms with van der Waals surface area (Å²) in [5, 5.41) is 3.05. The quantitative estimate of drug-likeness (QED) is 0.884. The van der Waals surface area contributed by atoms with E-state index in [4.69, 9.17) is 15.2 Å². The summed E-state index contributed by atoms with van der Waals surface area (Å²) in [7, 11) is 1.41. The molecule has 112 valence electrons. The van der Waals surface area contributed by atoms with Crippen molar-refractivity contribution in [1.29, 1.82) is 0 Å². The second-order valence-electron chi connectivity index (χ2n) is 4.73. The minimum atomic E-state index is -0.419. The Hall–Kier alpha value is -2.50. The number of nitrogens with zero attached hydrogens (tertiary/aromatic N) is 1. The van der Waals surface area contributed by atoms with Gasteiger partial charge in [-0.15, -0.1) is 0 Å². The number of aromatic nitrogens is 1. The first kappa shape index (κ1) is 14.9. The van der Waals surface area contributed by atoms with Gasteiger partial charge >= 0.3 is 0 Å². The molecule has 1 heterocycles. The van der Waals surface area contributed by atoms with Gasteiger partial charge in [-0.25, -0.2) is 4.39 Å². The lowest BCUT2D eigenvalue weighted by Gasteiger charge is -2.13. The third kappa shape index (κ3) is 3.75. The van der Waals surface area contributed by atoms with Crippen LogP contribution in [-0.2, 0) is 0 Å². The number of ether oxygens (including phenoxy) is 2. The summed E-state index contributed by atoms with van der Waals surface area (Å²) in [4.78, 5) is 4.29. The van der Waals surface area contributed by atoms with E-state index in [2.05, 4.69) is 10.3 Å². The fourth-order valence-electron chi connectivity index (χ4n) is 1.72. The number of nitrogens with one attached hydrogen (secondary N) is 1. The van der Waals surface area contributed by atoms with E-state index in [1.807, 2.05) is 13.8 Å². The molecular weight excluding hydrogens is 273 g/mol. The van der Waals surface area contributed by atoms with E-state index in [0.29, 0.717) is 23.1 Å². The highest BCUT2D eigenvalue weighted by atomic mass is 19.1. The lowest BCUT2D eigenvalue weighted by atomic mass is 10.3. The smallest absolute Gasteiger partial charge is 0.239 e. The molecule has 0 amide bonds.